The summed E-state index contributed by atoms with van der Waals surface area (Å²) in [6.45, 7) is 2.95. The van der Waals surface area contributed by atoms with Gasteiger partial charge in [0.05, 0.1) is 4.92 Å². The molecular formula is C22H25Cl2N3O4S2. The first-order valence-electron chi connectivity index (χ1n) is 10.9. The summed E-state index contributed by atoms with van der Waals surface area (Å²) in [5.41, 5.74) is -0.259. The van der Waals surface area contributed by atoms with Crippen LogP contribution in [0, 0.1) is 10.1 Å². The molecule has 0 radical (unpaired) electrons. The number of hydrogen-bond donors (Lipinski definition) is 0. The van der Waals surface area contributed by atoms with Crippen LogP contribution in [0.4, 0.5) is 5.69 Å². The molecule has 2 aliphatic rings. The lowest BCUT2D eigenvalue weighted by molar-refractivity contribution is -0.385. The number of halogens is 2. The third kappa shape index (κ3) is 5.83. The van der Waals surface area contributed by atoms with Gasteiger partial charge in [-0.25, -0.2) is 8.42 Å². The van der Waals surface area contributed by atoms with Gasteiger partial charge < -0.3 is 4.90 Å². The molecule has 2 aromatic carbocycles. The number of non-ortho nitro benzene ring substituents is 1. The van der Waals surface area contributed by atoms with Crippen LogP contribution in [-0.4, -0.2) is 54.8 Å². The SMILES string of the molecule is O=[N+]([O-])c1ccc(Sc2cc(Cl)cc(Cl)c2)c(S(=O)(=O)N2CCC(N3CCCCC3)CC2)c1. The molecule has 2 heterocycles. The first-order valence-corrected chi connectivity index (χ1v) is 13.9. The van der Waals surface area contributed by atoms with Crippen LogP contribution in [0.25, 0.3) is 0 Å². The molecule has 11 heteroatoms. The Kier molecular flexibility index (Phi) is 7.87. The lowest BCUT2D eigenvalue weighted by Crippen LogP contribution is -2.48. The minimum Gasteiger partial charge on any atom is -0.300 e. The largest absolute Gasteiger partial charge is 0.300 e. The Morgan fingerprint density at radius 1 is 0.939 bits per heavy atom. The molecule has 0 spiro atoms. The molecule has 0 unspecified atom stereocenters. The van der Waals surface area contributed by atoms with Gasteiger partial charge in [0.1, 0.15) is 4.90 Å². The first kappa shape index (κ1) is 24.8. The molecule has 0 atom stereocenters. The van der Waals surface area contributed by atoms with Crippen molar-refractivity contribution >= 4 is 50.7 Å². The topological polar surface area (TPSA) is 83.8 Å². The Labute approximate surface area is 208 Å². The summed E-state index contributed by atoms with van der Waals surface area (Å²) < 4.78 is 28.7. The monoisotopic (exact) mass is 529 g/mol. The van der Waals surface area contributed by atoms with Gasteiger partial charge in [0.25, 0.3) is 5.69 Å². The van der Waals surface area contributed by atoms with Crippen LogP contribution >= 0.6 is 35.0 Å². The fourth-order valence-electron chi connectivity index (χ4n) is 4.48. The smallest absolute Gasteiger partial charge is 0.270 e. The van der Waals surface area contributed by atoms with Crippen LogP contribution in [0.3, 0.4) is 0 Å². The van der Waals surface area contributed by atoms with E-state index in [9.17, 15) is 18.5 Å². The fourth-order valence-corrected chi connectivity index (χ4v) is 8.06. The van der Waals surface area contributed by atoms with Crippen LogP contribution in [-0.2, 0) is 10.0 Å². The summed E-state index contributed by atoms with van der Waals surface area (Å²) in [5, 5.41) is 12.2. The fraction of sp³-hybridized carbons (Fsp3) is 0.455. The Morgan fingerprint density at radius 3 is 2.18 bits per heavy atom. The molecular weight excluding hydrogens is 505 g/mol. The zero-order chi connectivity index (χ0) is 23.6. The van der Waals surface area contributed by atoms with E-state index in [1.807, 2.05) is 0 Å². The van der Waals surface area contributed by atoms with Crippen LogP contribution in [0.1, 0.15) is 32.1 Å². The number of hydrogen-bond acceptors (Lipinski definition) is 6. The average molecular weight is 530 g/mol. The van der Waals surface area contributed by atoms with Crippen LogP contribution in [0.2, 0.25) is 10.0 Å². The number of nitro benzene ring substituents is 1. The van der Waals surface area contributed by atoms with Crippen molar-refractivity contribution in [3.05, 3.63) is 56.6 Å². The number of benzene rings is 2. The number of likely N-dealkylation sites (tertiary alicyclic amines) is 1. The van der Waals surface area contributed by atoms with Crippen LogP contribution < -0.4 is 0 Å². The maximum atomic E-state index is 13.6. The first-order chi connectivity index (χ1) is 15.7. The molecule has 2 aromatic rings. The molecule has 33 heavy (non-hydrogen) atoms. The third-order valence-corrected chi connectivity index (χ3v) is 9.70. The summed E-state index contributed by atoms with van der Waals surface area (Å²) in [4.78, 5) is 14.3. The summed E-state index contributed by atoms with van der Waals surface area (Å²) in [7, 11) is -3.92. The molecule has 0 aliphatic carbocycles. The van der Waals surface area contributed by atoms with E-state index in [1.54, 1.807) is 18.2 Å². The van der Waals surface area contributed by atoms with E-state index in [4.69, 9.17) is 23.2 Å². The summed E-state index contributed by atoms with van der Waals surface area (Å²) in [6.07, 6.45) is 5.18. The predicted octanol–water partition coefficient (Wildman–Crippen LogP) is 5.69. The van der Waals surface area contributed by atoms with Crippen molar-refractivity contribution in [2.75, 3.05) is 26.2 Å². The Morgan fingerprint density at radius 2 is 1.58 bits per heavy atom. The standard InChI is InChI=1S/C22H25Cl2N3O4S2/c23-16-12-17(24)14-20(13-16)32-21-5-4-19(27(28)29)15-22(21)33(30,31)26-10-6-18(7-11-26)25-8-2-1-3-9-25/h4-5,12-15,18H,1-3,6-11H2. The van der Waals surface area contributed by atoms with E-state index in [0.717, 1.165) is 32.0 Å². The number of piperidine rings is 2. The molecule has 4 rings (SSSR count). The van der Waals surface area contributed by atoms with Gasteiger partial charge in [0, 0.05) is 51.1 Å². The van der Waals surface area contributed by atoms with Gasteiger partial charge in [-0.05, 0) is 63.0 Å². The second-order valence-corrected chi connectivity index (χ2v) is 12.2. The van der Waals surface area contributed by atoms with Gasteiger partial charge in [-0.1, -0.05) is 41.4 Å². The zero-order valence-electron chi connectivity index (χ0n) is 18.0. The van der Waals surface area contributed by atoms with Gasteiger partial charge in [-0.3, -0.25) is 10.1 Å². The molecule has 0 N–H and O–H groups in total. The number of sulfonamides is 1. The van der Waals surface area contributed by atoms with E-state index in [1.165, 1.54) is 47.5 Å². The van der Waals surface area contributed by atoms with Gasteiger partial charge >= 0.3 is 0 Å². The quantitative estimate of drug-likeness (QED) is 0.352. The normalized spacial score (nSPS) is 19.0. The molecule has 2 aliphatic heterocycles. The van der Waals surface area contributed by atoms with Crippen molar-refractivity contribution in [2.45, 2.75) is 52.8 Å². The Bertz CT molecular complexity index is 1110. The van der Waals surface area contributed by atoms with E-state index < -0.39 is 14.9 Å². The number of nitro groups is 1. The van der Waals surface area contributed by atoms with Crippen molar-refractivity contribution < 1.29 is 13.3 Å². The number of nitrogens with zero attached hydrogens (tertiary/aromatic N) is 3. The maximum absolute atomic E-state index is 13.6. The van der Waals surface area contributed by atoms with Crippen LogP contribution in [0.15, 0.2) is 51.1 Å². The molecule has 0 saturated carbocycles. The highest BCUT2D eigenvalue weighted by atomic mass is 35.5. The Hall–Kier alpha value is -1.36. The second-order valence-electron chi connectivity index (χ2n) is 8.33. The highest BCUT2D eigenvalue weighted by Crippen LogP contribution is 2.39. The highest BCUT2D eigenvalue weighted by molar-refractivity contribution is 8.00. The van der Waals surface area contributed by atoms with E-state index >= 15 is 0 Å². The van der Waals surface area contributed by atoms with Gasteiger partial charge in [-0.2, -0.15) is 4.31 Å². The summed E-state index contributed by atoms with van der Waals surface area (Å²) in [5.74, 6) is 0. The van der Waals surface area contributed by atoms with Gasteiger partial charge in [0.2, 0.25) is 10.0 Å². The molecule has 178 valence electrons. The lowest BCUT2D eigenvalue weighted by Gasteiger charge is -2.39. The second kappa shape index (κ2) is 10.5. The molecule has 2 saturated heterocycles. The number of rotatable bonds is 6. The van der Waals surface area contributed by atoms with Crippen molar-refractivity contribution in [1.82, 2.24) is 9.21 Å². The Balaban J connectivity index is 1.60. The van der Waals surface area contributed by atoms with Crippen molar-refractivity contribution in [3.8, 4) is 0 Å². The summed E-state index contributed by atoms with van der Waals surface area (Å²) in [6, 6.07) is 9.29. The summed E-state index contributed by atoms with van der Waals surface area (Å²) >= 11 is 13.4. The molecule has 7 nitrogen and oxygen atoms in total. The predicted molar refractivity (Wildman–Crippen MR) is 131 cm³/mol. The minimum absolute atomic E-state index is 0.0609. The lowest BCUT2D eigenvalue weighted by atomic mass is 10.0. The van der Waals surface area contributed by atoms with Crippen molar-refractivity contribution in [2.24, 2.45) is 0 Å². The molecule has 2 fully saturated rings. The molecule has 0 bridgehead atoms. The molecule has 0 aromatic heterocycles. The van der Waals surface area contributed by atoms with E-state index in [0.29, 0.717) is 39.0 Å². The van der Waals surface area contributed by atoms with Crippen LogP contribution in [0.5, 0.6) is 0 Å². The third-order valence-electron chi connectivity index (χ3n) is 6.15. The highest BCUT2D eigenvalue weighted by Gasteiger charge is 2.34. The zero-order valence-corrected chi connectivity index (χ0v) is 21.1. The minimum atomic E-state index is -3.92. The van der Waals surface area contributed by atoms with Gasteiger partial charge in [-0.15, -0.1) is 0 Å². The van der Waals surface area contributed by atoms with Gasteiger partial charge in [0.15, 0.2) is 0 Å². The van der Waals surface area contributed by atoms with Crippen molar-refractivity contribution in [3.63, 3.8) is 0 Å². The average Bonchev–Trinajstić information content (AvgIpc) is 2.79. The maximum Gasteiger partial charge on any atom is 0.270 e. The van der Waals surface area contributed by atoms with Crippen molar-refractivity contribution in [1.29, 1.82) is 0 Å². The van der Waals surface area contributed by atoms with E-state index in [2.05, 4.69) is 4.90 Å². The van der Waals surface area contributed by atoms with E-state index in [-0.39, 0.29) is 10.6 Å². The molecule has 0 amide bonds.